The van der Waals surface area contributed by atoms with Crippen molar-refractivity contribution in [1.82, 2.24) is 4.90 Å². The molecule has 0 unspecified atom stereocenters. The maximum atomic E-state index is 12.0. The maximum Gasteiger partial charge on any atom is 0.410 e. The van der Waals surface area contributed by atoms with E-state index in [1.165, 1.54) is 5.57 Å². The Labute approximate surface area is 125 Å². The molecule has 2 rings (SSSR count). The summed E-state index contributed by atoms with van der Waals surface area (Å²) in [6, 6.07) is 7.79. The summed E-state index contributed by atoms with van der Waals surface area (Å²) < 4.78 is 5.37. The van der Waals surface area contributed by atoms with Crippen LogP contribution in [0.15, 0.2) is 30.3 Å². The molecule has 1 amide bonds. The first-order chi connectivity index (χ1) is 9.37. The Bertz CT molecular complexity index is 532. The summed E-state index contributed by atoms with van der Waals surface area (Å²) >= 11 is 6.20. The van der Waals surface area contributed by atoms with Crippen LogP contribution in [0, 0.1) is 0 Å². The number of carbonyl (C=O) groups is 1. The molecule has 108 valence electrons. The Morgan fingerprint density at radius 2 is 2.00 bits per heavy atom. The number of benzene rings is 1. The van der Waals surface area contributed by atoms with Crippen LogP contribution in [0.3, 0.4) is 0 Å². The second kappa shape index (κ2) is 5.88. The van der Waals surface area contributed by atoms with Gasteiger partial charge in [-0.1, -0.05) is 35.9 Å². The summed E-state index contributed by atoms with van der Waals surface area (Å²) in [7, 11) is 0. The summed E-state index contributed by atoms with van der Waals surface area (Å²) in [6.07, 6.45) is 2.59. The highest BCUT2D eigenvalue weighted by atomic mass is 35.5. The molecule has 0 N–H and O–H groups in total. The predicted molar refractivity (Wildman–Crippen MR) is 81.9 cm³/mol. The zero-order chi connectivity index (χ0) is 14.8. The van der Waals surface area contributed by atoms with E-state index < -0.39 is 5.60 Å². The van der Waals surface area contributed by atoms with Crippen LogP contribution in [-0.4, -0.2) is 29.7 Å². The zero-order valence-electron chi connectivity index (χ0n) is 12.1. The van der Waals surface area contributed by atoms with Crippen molar-refractivity contribution in [3.63, 3.8) is 0 Å². The maximum absolute atomic E-state index is 12.0. The van der Waals surface area contributed by atoms with E-state index in [0.717, 1.165) is 17.0 Å². The fraction of sp³-hybridized carbons (Fsp3) is 0.438. The minimum Gasteiger partial charge on any atom is -0.444 e. The number of ether oxygens (including phenoxy) is 1. The number of rotatable bonds is 1. The monoisotopic (exact) mass is 293 g/mol. The van der Waals surface area contributed by atoms with E-state index in [0.29, 0.717) is 13.1 Å². The highest BCUT2D eigenvalue weighted by molar-refractivity contribution is 6.32. The van der Waals surface area contributed by atoms with Crippen LogP contribution >= 0.6 is 11.6 Å². The molecule has 1 aromatic rings. The molecule has 0 radical (unpaired) electrons. The Balaban J connectivity index is 2.04. The molecule has 3 nitrogen and oxygen atoms in total. The highest BCUT2D eigenvalue weighted by Gasteiger charge is 2.24. The summed E-state index contributed by atoms with van der Waals surface area (Å²) in [5.74, 6) is 0. The third kappa shape index (κ3) is 3.76. The van der Waals surface area contributed by atoms with Crippen molar-refractivity contribution in [2.45, 2.75) is 32.8 Å². The van der Waals surface area contributed by atoms with Crippen LogP contribution in [0.1, 0.15) is 32.8 Å². The van der Waals surface area contributed by atoms with Gasteiger partial charge in [0.25, 0.3) is 0 Å². The first kappa shape index (κ1) is 14.9. The van der Waals surface area contributed by atoms with E-state index in [-0.39, 0.29) is 6.09 Å². The third-order valence-corrected chi connectivity index (χ3v) is 3.41. The van der Waals surface area contributed by atoms with Gasteiger partial charge < -0.3 is 9.64 Å². The number of nitrogens with zero attached hydrogens (tertiary/aromatic N) is 1. The molecule has 0 aliphatic carbocycles. The van der Waals surface area contributed by atoms with Gasteiger partial charge in [-0.15, -0.1) is 0 Å². The average Bonchev–Trinajstić information content (AvgIpc) is 2.37. The fourth-order valence-corrected chi connectivity index (χ4v) is 2.38. The third-order valence-electron chi connectivity index (χ3n) is 3.08. The number of carbonyl (C=O) groups excluding carboxylic acids is 1. The van der Waals surface area contributed by atoms with Crippen LogP contribution in [0.5, 0.6) is 0 Å². The van der Waals surface area contributed by atoms with Crippen molar-refractivity contribution in [3.8, 4) is 0 Å². The quantitative estimate of drug-likeness (QED) is 0.770. The molecule has 0 atom stereocenters. The normalized spacial score (nSPS) is 15.8. The Morgan fingerprint density at radius 3 is 2.55 bits per heavy atom. The Morgan fingerprint density at radius 1 is 1.30 bits per heavy atom. The molecule has 20 heavy (non-hydrogen) atoms. The van der Waals surface area contributed by atoms with E-state index >= 15 is 0 Å². The van der Waals surface area contributed by atoms with Gasteiger partial charge in [-0.3, -0.25) is 0 Å². The van der Waals surface area contributed by atoms with Gasteiger partial charge in [0.05, 0.1) is 0 Å². The fourth-order valence-electron chi connectivity index (χ4n) is 2.13. The topological polar surface area (TPSA) is 29.5 Å². The first-order valence-electron chi connectivity index (χ1n) is 6.79. The summed E-state index contributed by atoms with van der Waals surface area (Å²) in [6.45, 7) is 6.85. The van der Waals surface area contributed by atoms with Crippen molar-refractivity contribution in [2.75, 3.05) is 13.1 Å². The Kier molecular flexibility index (Phi) is 4.39. The van der Waals surface area contributed by atoms with Crippen molar-refractivity contribution < 1.29 is 9.53 Å². The van der Waals surface area contributed by atoms with E-state index in [9.17, 15) is 4.79 Å². The molecular formula is C16H20ClNO2. The lowest BCUT2D eigenvalue weighted by molar-refractivity contribution is 0.0270. The van der Waals surface area contributed by atoms with Crippen molar-refractivity contribution >= 4 is 23.3 Å². The second-order valence-corrected chi connectivity index (χ2v) is 6.29. The van der Waals surface area contributed by atoms with Crippen molar-refractivity contribution in [1.29, 1.82) is 0 Å². The molecule has 0 bridgehead atoms. The van der Waals surface area contributed by atoms with E-state index in [1.807, 2.05) is 45.0 Å². The number of amides is 1. The van der Waals surface area contributed by atoms with Gasteiger partial charge in [-0.05, 0) is 44.4 Å². The second-order valence-electron chi connectivity index (χ2n) is 5.89. The van der Waals surface area contributed by atoms with Crippen LogP contribution in [0.4, 0.5) is 4.79 Å². The summed E-state index contributed by atoms with van der Waals surface area (Å²) in [5, 5.41) is 0.754. The van der Waals surface area contributed by atoms with E-state index in [4.69, 9.17) is 16.3 Å². The summed E-state index contributed by atoms with van der Waals surface area (Å²) in [5.41, 5.74) is 1.79. The molecule has 0 fully saturated rings. The van der Waals surface area contributed by atoms with E-state index in [2.05, 4.69) is 6.08 Å². The van der Waals surface area contributed by atoms with Gasteiger partial charge in [-0.2, -0.15) is 0 Å². The van der Waals surface area contributed by atoms with E-state index in [1.54, 1.807) is 4.90 Å². The van der Waals surface area contributed by atoms with Gasteiger partial charge in [0.1, 0.15) is 5.60 Å². The molecule has 4 heteroatoms. The largest absolute Gasteiger partial charge is 0.444 e. The van der Waals surface area contributed by atoms with Gasteiger partial charge in [0.15, 0.2) is 0 Å². The Hall–Kier alpha value is -1.48. The van der Waals surface area contributed by atoms with Crippen LogP contribution in [-0.2, 0) is 4.74 Å². The van der Waals surface area contributed by atoms with Crippen LogP contribution < -0.4 is 0 Å². The number of halogens is 1. The molecule has 1 aliphatic heterocycles. The van der Waals surface area contributed by atoms with Gasteiger partial charge in [0.2, 0.25) is 0 Å². The molecular weight excluding hydrogens is 274 g/mol. The summed E-state index contributed by atoms with van der Waals surface area (Å²) in [4.78, 5) is 13.7. The molecule has 1 aliphatic rings. The molecule has 0 saturated carbocycles. The van der Waals surface area contributed by atoms with Crippen molar-refractivity contribution in [2.24, 2.45) is 0 Å². The highest BCUT2D eigenvalue weighted by Crippen LogP contribution is 2.28. The zero-order valence-corrected chi connectivity index (χ0v) is 12.9. The van der Waals surface area contributed by atoms with Gasteiger partial charge >= 0.3 is 6.09 Å². The molecule has 0 saturated heterocycles. The van der Waals surface area contributed by atoms with Gasteiger partial charge in [-0.25, -0.2) is 4.79 Å². The molecule has 1 aromatic carbocycles. The standard InChI is InChI=1S/C16H20ClNO2/c1-16(2,3)20-15(19)18-10-8-12(9-11-18)13-6-4-5-7-14(13)17/h4-8H,9-11H2,1-3H3. The SMILES string of the molecule is CC(C)(C)OC(=O)N1CC=C(c2ccccc2Cl)CC1. The van der Waals surface area contributed by atoms with Crippen LogP contribution in [0.2, 0.25) is 5.02 Å². The molecule has 0 aromatic heterocycles. The van der Waals surface area contributed by atoms with Crippen LogP contribution in [0.25, 0.3) is 5.57 Å². The smallest absolute Gasteiger partial charge is 0.410 e. The average molecular weight is 294 g/mol. The lowest BCUT2D eigenvalue weighted by Crippen LogP contribution is -2.39. The number of hydrogen-bond donors (Lipinski definition) is 0. The molecule has 0 spiro atoms. The lowest BCUT2D eigenvalue weighted by atomic mass is 10.00. The predicted octanol–water partition coefficient (Wildman–Crippen LogP) is 4.36. The minimum atomic E-state index is -0.455. The lowest BCUT2D eigenvalue weighted by Gasteiger charge is -2.29. The first-order valence-corrected chi connectivity index (χ1v) is 7.16. The molecule has 1 heterocycles. The number of hydrogen-bond acceptors (Lipinski definition) is 2. The van der Waals surface area contributed by atoms with Crippen molar-refractivity contribution in [3.05, 3.63) is 40.9 Å². The van der Waals surface area contributed by atoms with Gasteiger partial charge in [0, 0.05) is 18.1 Å². The minimum absolute atomic E-state index is 0.257.